The second kappa shape index (κ2) is 7.38. The van der Waals surface area contributed by atoms with E-state index in [1.165, 1.54) is 4.72 Å². The molecule has 11 heteroatoms. The van der Waals surface area contributed by atoms with Gasteiger partial charge in [-0.25, -0.2) is 0 Å². The van der Waals surface area contributed by atoms with Gasteiger partial charge in [-0.2, -0.15) is 30.6 Å². The number of alkyl halides is 3. The van der Waals surface area contributed by atoms with Crippen LogP contribution in [0.2, 0.25) is 0 Å². The highest BCUT2D eigenvalue weighted by Gasteiger charge is 2.35. The lowest BCUT2D eigenvalue weighted by Crippen LogP contribution is -2.50. The first-order valence-electron chi connectivity index (χ1n) is 6.45. The van der Waals surface area contributed by atoms with Crippen molar-refractivity contribution < 1.29 is 26.4 Å². The number of carbonyl (C=O) groups excluding carboxylic acids is 1. The van der Waals surface area contributed by atoms with Crippen LogP contribution in [-0.2, 0) is 15.0 Å². The Labute approximate surface area is 121 Å². The fraction of sp³-hybridized carbons (Fsp3) is 0.900. The van der Waals surface area contributed by atoms with Gasteiger partial charge in [0.15, 0.2) is 0 Å². The molecule has 1 aliphatic heterocycles. The quantitative estimate of drug-likeness (QED) is 0.590. The van der Waals surface area contributed by atoms with E-state index in [0.29, 0.717) is 12.8 Å². The van der Waals surface area contributed by atoms with E-state index in [1.807, 2.05) is 0 Å². The maximum absolute atomic E-state index is 12.1. The average molecular weight is 332 g/mol. The molecule has 7 nitrogen and oxygen atoms in total. The summed E-state index contributed by atoms with van der Waals surface area (Å²) in [6.45, 7) is -1.14. The van der Waals surface area contributed by atoms with Crippen LogP contribution in [0.15, 0.2) is 0 Å². The maximum Gasteiger partial charge on any atom is 0.402 e. The Hall–Kier alpha value is -0.910. The van der Waals surface area contributed by atoms with Gasteiger partial charge in [0.05, 0.1) is 5.92 Å². The number of rotatable bonds is 6. The summed E-state index contributed by atoms with van der Waals surface area (Å²) >= 11 is 0. The molecule has 0 aromatic heterocycles. The van der Waals surface area contributed by atoms with Gasteiger partial charge < -0.3 is 11.1 Å². The molecule has 1 rings (SSSR count). The first-order chi connectivity index (χ1) is 9.65. The average Bonchev–Trinajstić information content (AvgIpc) is 2.42. The van der Waals surface area contributed by atoms with Gasteiger partial charge in [0.2, 0.25) is 5.91 Å². The van der Waals surface area contributed by atoms with Crippen LogP contribution in [0.3, 0.4) is 0 Å². The van der Waals surface area contributed by atoms with Crippen LogP contribution in [-0.4, -0.2) is 57.5 Å². The first-order valence-corrected chi connectivity index (χ1v) is 7.89. The summed E-state index contributed by atoms with van der Waals surface area (Å²) in [5.74, 6) is -0.913. The molecule has 0 saturated carbocycles. The standard InChI is InChI=1S/C10H19F3N4O3S/c11-10(12,13)7-16-21(19,20)17-5-1-2-8(6-17)9(18)15-4-3-14/h8,16H,1-7,14H2,(H,15,18). The lowest BCUT2D eigenvalue weighted by Gasteiger charge is -2.31. The summed E-state index contributed by atoms with van der Waals surface area (Å²) in [6, 6.07) is 0. The molecule has 21 heavy (non-hydrogen) atoms. The van der Waals surface area contributed by atoms with E-state index >= 15 is 0 Å². The molecule has 0 spiro atoms. The summed E-state index contributed by atoms with van der Waals surface area (Å²) in [7, 11) is -4.24. The molecule has 0 aromatic rings. The molecule has 4 N–H and O–H groups in total. The summed E-state index contributed by atoms with van der Waals surface area (Å²) in [6.07, 6.45) is -3.73. The molecular formula is C10H19F3N4O3S. The van der Waals surface area contributed by atoms with Gasteiger partial charge >= 0.3 is 6.18 Å². The number of nitrogens with two attached hydrogens (primary N) is 1. The van der Waals surface area contributed by atoms with Crippen molar-refractivity contribution in [2.45, 2.75) is 19.0 Å². The van der Waals surface area contributed by atoms with E-state index in [9.17, 15) is 26.4 Å². The summed E-state index contributed by atoms with van der Waals surface area (Å²) in [5, 5.41) is 2.54. The van der Waals surface area contributed by atoms with Crippen molar-refractivity contribution in [2.75, 3.05) is 32.7 Å². The van der Waals surface area contributed by atoms with E-state index in [-0.39, 0.29) is 32.1 Å². The number of carbonyl (C=O) groups is 1. The molecule has 0 bridgehead atoms. The Kier molecular flexibility index (Phi) is 6.38. The van der Waals surface area contributed by atoms with Crippen molar-refractivity contribution in [1.29, 1.82) is 0 Å². The van der Waals surface area contributed by atoms with E-state index in [0.717, 1.165) is 4.31 Å². The van der Waals surface area contributed by atoms with Crippen molar-refractivity contribution in [3.8, 4) is 0 Å². The van der Waals surface area contributed by atoms with Gasteiger partial charge in [0.25, 0.3) is 10.2 Å². The fourth-order valence-corrected chi connectivity index (χ4v) is 3.25. The highest BCUT2D eigenvalue weighted by atomic mass is 32.2. The Bertz CT molecular complexity index is 455. The van der Waals surface area contributed by atoms with Crippen LogP contribution < -0.4 is 15.8 Å². The van der Waals surface area contributed by atoms with Crippen molar-refractivity contribution in [3.05, 3.63) is 0 Å². The van der Waals surface area contributed by atoms with Gasteiger partial charge in [-0.1, -0.05) is 0 Å². The molecule has 1 unspecified atom stereocenters. The predicted molar refractivity (Wildman–Crippen MR) is 69.3 cm³/mol. The van der Waals surface area contributed by atoms with Gasteiger partial charge in [-0.05, 0) is 12.8 Å². The molecule has 0 aliphatic carbocycles. The zero-order valence-corrected chi connectivity index (χ0v) is 12.1. The maximum atomic E-state index is 12.1. The third kappa shape index (κ3) is 6.16. The normalized spacial score (nSPS) is 21.2. The van der Waals surface area contributed by atoms with Crippen molar-refractivity contribution in [1.82, 2.24) is 14.3 Å². The van der Waals surface area contributed by atoms with Crippen molar-refractivity contribution in [3.63, 3.8) is 0 Å². The van der Waals surface area contributed by atoms with Gasteiger partial charge in [-0.3, -0.25) is 4.79 Å². The Morgan fingerprint density at radius 2 is 2.05 bits per heavy atom. The van der Waals surface area contributed by atoms with E-state index in [2.05, 4.69) is 5.32 Å². The number of halogens is 3. The second-order valence-electron chi connectivity index (χ2n) is 4.72. The molecule has 0 radical (unpaired) electrons. The molecule has 1 amide bonds. The number of hydrogen-bond acceptors (Lipinski definition) is 4. The molecule has 1 aliphatic rings. The van der Waals surface area contributed by atoms with Crippen LogP contribution in [0, 0.1) is 5.92 Å². The van der Waals surface area contributed by atoms with E-state index < -0.39 is 28.8 Å². The number of amides is 1. The minimum Gasteiger partial charge on any atom is -0.355 e. The van der Waals surface area contributed by atoms with Gasteiger partial charge in [-0.15, -0.1) is 0 Å². The highest BCUT2D eigenvalue weighted by Crippen LogP contribution is 2.20. The zero-order chi connectivity index (χ0) is 16.1. The smallest absolute Gasteiger partial charge is 0.355 e. The number of piperidine rings is 1. The number of nitrogens with zero attached hydrogens (tertiary/aromatic N) is 1. The molecule has 124 valence electrons. The topological polar surface area (TPSA) is 105 Å². The Morgan fingerprint density at radius 1 is 1.38 bits per heavy atom. The van der Waals surface area contributed by atoms with Gasteiger partial charge in [0.1, 0.15) is 6.54 Å². The van der Waals surface area contributed by atoms with Crippen LogP contribution in [0.4, 0.5) is 13.2 Å². The second-order valence-corrected chi connectivity index (χ2v) is 6.47. The Morgan fingerprint density at radius 3 is 2.62 bits per heavy atom. The minimum absolute atomic E-state index is 0.0911. The van der Waals surface area contributed by atoms with Crippen LogP contribution in [0.1, 0.15) is 12.8 Å². The van der Waals surface area contributed by atoms with E-state index in [1.54, 1.807) is 0 Å². The molecule has 1 fully saturated rings. The SMILES string of the molecule is NCCNC(=O)C1CCCN(S(=O)(=O)NCC(F)(F)F)C1. The van der Waals surface area contributed by atoms with Crippen molar-refractivity contribution >= 4 is 16.1 Å². The van der Waals surface area contributed by atoms with Crippen LogP contribution >= 0.6 is 0 Å². The summed E-state index contributed by atoms with van der Waals surface area (Å²) in [5.41, 5.74) is 5.25. The largest absolute Gasteiger partial charge is 0.402 e. The lowest BCUT2D eigenvalue weighted by molar-refractivity contribution is -0.126. The lowest BCUT2D eigenvalue weighted by atomic mass is 9.99. The zero-order valence-electron chi connectivity index (χ0n) is 11.3. The molecule has 1 saturated heterocycles. The van der Waals surface area contributed by atoms with Gasteiger partial charge in [0, 0.05) is 26.2 Å². The monoisotopic (exact) mass is 332 g/mol. The first kappa shape index (κ1) is 18.1. The molecule has 1 heterocycles. The predicted octanol–water partition coefficient (Wildman–Crippen LogP) is -0.830. The highest BCUT2D eigenvalue weighted by molar-refractivity contribution is 7.87. The Balaban J connectivity index is 2.60. The van der Waals surface area contributed by atoms with Crippen molar-refractivity contribution in [2.24, 2.45) is 11.7 Å². The molecular weight excluding hydrogens is 313 g/mol. The summed E-state index contributed by atoms with van der Waals surface area (Å²) in [4.78, 5) is 11.8. The van der Waals surface area contributed by atoms with Crippen LogP contribution in [0.25, 0.3) is 0 Å². The summed E-state index contributed by atoms with van der Waals surface area (Å²) < 4.78 is 62.1. The fourth-order valence-electron chi connectivity index (χ4n) is 1.98. The van der Waals surface area contributed by atoms with E-state index in [4.69, 9.17) is 5.73 Å². The third-order valence-corrected chi connectivity index (χ3v) is 4.51. The molecule has 0 aromatic carbocycles. The van der Waals surface area contributed by atoms with Crippen LogP contribution in [0.5, 0.6) is 0 Å². The number of nitrogens with one attached hydrogen (secondary N) is 2. The molecule has 1 atom stereocenters. The minimum atomic E-state index is -4.62. The third-order valence-electron chi connectivity index (χ3n) is 2.99. The number of hydrogen-bond donors (Lipinski definition) is 3.